The van der Waals surface area contributed by atoms with Crippen molar-refractivity contribution < 1.29 is 17.9 Å². The summed E-state index contributed by atoms with van der Waals surface area (Å²) >= 11 is 1.59. The van der Waals surface area contributed by atoms with Gasteiger partial charge in [0.1, 0.15) is 10.6 Å². The number of nitrogens with one attached hydrogen (secondary N) is 1. The summed E-state index contributed by atoms with van der Waals surface area (Å²) < 4.78 is 33.8. The van der Waals surface area contributed by atoms with Gasteiger partial charge in [-0.15, -0.1) is 11.3 Å². The van der Waals surface area contributed by atoms with Gasteiger partial charge in [0.05, 0.1) is 13.7 Å². The highest BCUT2D eigenvalue weighted by molar-refractivity contribution is 7.92. The van der Waals surface area contributed by atoms with Gasteiger partial charge in [0.2, 0.25) is 0 Å². The molecule has 8 heteroatoms. The third-order valence-electron chi connectivity index (χ3n) is 4.70. The van der Waals surface area contributed by atoms with Gasteiger partial charge in [0.15, 0.2) is 0 Å². The SMILES string of the molecule is COc1ccc(C(=O)N(C)Cc2sccc2C)cc1S(=O)(=O)Nc1ccc(C)cc1. The highest BCUT2D eigenvalue weighted by Crippen LogP contribution is 2.28. The molecule has 0 saturated heterocycles. The molecule has 0 saturated carbocycles. The molecule has 0 aliphatic heterocycles. The van der Waals surface area contributed by atoms with Crippen LogP contribution < -0.4 is 9.46 Å². The van der Waals surface area contributed by atoms with Crippen molar-refractivity contribution in [3.05, 3.63) is 75.5 Å². The summed E-state index contributed by atoms with van der Waals surface area (Å²) in [5, 5.41) is 1.98. The van der Waals surface area contributed by atoms with Crippen molar-refractivity contribution >= 4 is 33.0 Å². The highest BCUT2D eigenvalue weighted by atomic mass is 32.2. The summed E-state index contributed by atoms with van der Waals surface area (Å²) in [6.07, 6.45) is 0. The third-order valence-corrected chi connectivity index (χ3v) is 7.11. The Kier molecular flexibility index (Phi) is 6.48. The van der Waals surface area contributed by atoms with Crippen molar-refractivity contribution in [1.82, 2.24) is 4.90 Å². The van der Waals surface area contributed by atoms with Crippen LogP contribution in [0, 0.1) is 13.8 Å². The fourth-order valence-corrected chi connectivity index (χ4v) is 5.14. The standard InChI is InChI=1S/C22H24N2O4S2/c1-15-5-8-18(9-6-15)23-30(26,27)21-13-17(7-10-19(21)28-4)22(25)24(3)14-20-16(2)11-12-29-20/h5-13,23H,14H2,1-4H3. The Labute approximate surface area is 181 Å². The smallest absolute Gasteiger partial charge is 0.265 e. The zero-order valence-electron chi connectivity index (χ0n) is 17.3. The first-order valence-electron chi connectivity index (χ1n) is 9.27. The van der Waals surface area contributed by atoms with Gasteiger partial charge in [-0.05, 0) is 61.2 Å². The van der Waals surface area contributed by atoms with Crippen LogP contribution in [0.4, 0.5) is 5.69 Å². The second-order valence-electron chi connectivity index (χ2n) is 7.03. The molecule has 0 atom stereocenters. The minimum absolute atomic E-state index is 0.0860. The molecule has 3 aromatic rings. The topological polar surface area (TPSA) is 75.7 Å². The van der Waals surface area contributed by atoms with E-state index in [9.17, 15) is 13.2 Å². The number of thiophene rings is 1. The van der Waals surface area contributed by atoms with Gasteiger partial charge in [-0.2, -0.15) is 0 Å². The number of carbonyl (C=O) groups excluding carboxylic acids is 1. The molecule has 6 nitrogen and oxygen atoms in total. The summed E-state index contributed by atoms with van der Waals surface area (Å²) in [6, 6.07) is 13.4. The average molecular weight is 445 g/mol. The number of rotatable bonds is 7. The Morgan fingerprint density at radius 2 is 1.80 bits per heavy atom. The van der Waals surface area contributed by atoms with Crippen LogP contribution in [-0.2, 0) is 16.6 Å². The van der Waals surface area contributed by atoms with E-state index >= 15 is 0 Å². The molecule has 1 aromatic heterocycles. The molecule has 1 N–H and O–H groups in total. The van der Waals surface area contributed by atoms with Crippen LogP contribution in [0.1, 0.15) is 26.4 Å². The number of amides is 1. The van der Waals surface area contributed by atoms with E-state index in [-0.39, 0.29) is 22.1 Å². The minimum atomic E-state index is -3.95. The lowest BCUT2D eigenvalue weighted by atomic mass is 10.2. The van der Waals surface area contributed by atoms with Crippen LogP contribution in [0.5, 0.6) is 5.75 Å². The molecule has 0 aliphatic rings. The lowest BCUT2D eigenvalue weighted by molar-refractivity contribution is 0.0786. The van der Waals surface area contributed by atoms with E-state index in [1.165, 1.54) is 19.2 Å². The lowest BCUT2D eigenvalue weighted by Crippen LogP contribution is -2.26. The van der Waals surface area contributed by atoms with E-state index in [1.54, 1.807) is 41.5 Å². The fourth-order valence-electron chi connectivity index (χ4n) is 2.93. The monoisotopic (exact) mass is 444 g/mol. The van der Waals surface area contributed by atoms with Gasteiger partial charge < -0.3 is 9.64 Å². The maximum atomic E-state index is 13.0. The first-order chi connectivity index (χ1) is 14.2. The van der Waals surface area contributed by atoms with Gasteiger partial charge in [0.25, 0.3) is 15.9 Å². The zero-order valence-corrected chi connectivity index (χ0v) is 18.9. The molecular formula is C22H24N2O4S2. The van der Waals surface area contributed by atoms with Gasteiger partial charge in [0, 0.05) is 23.2 Å². The second kappa shape index (κ2) is 8.89. The molecule has 158 valence electrons. The van der Waals surface area contributed by atoms with Crippen LogP contribution in [0.2, 0.25) is 0 Å². The number of carbonyl (C=O) groups is 1. The first-order valence-corrected chi connectivity index (χ1v) is 11.6. The van der Waals surface area contributed by atoms with E-state index in [1.807, 2.05) is 37.4 Å². The molecule has 2 aromatic carbocycles. The molecule has 0 bridgehead atoms. The number of methoxy groups -OCH3 is 1. The Bertz CT molecular complexity index is 1150. The van der Waals surface area contributed by atoms with Crippen molar-refractivity contribution in [3.63, 3.8) is 0 Å². The minimum Gasteiger partial charge on any atom is -0.495 e. The molecule has 0 spiro atoms. The van der Waals surface area contributed by atoms with Gasteiger partial charge in [-0.3, -0.25) is 9.52 Å². The number of benzene rings is 2. The molecule has 30 heavy (non-hydrogen) atoms. The Morgan fingerprint density at radius 1 is 1.10 bits per heavy atom. The maximum Gasteiger partial charge on any atom is 0.265 e. The van der Waals surface area contributed by atoms with Crippen molar-refractivity contribution in [2.24, 2.45) is 0 Å². The normalized spacial score (nSPS) is 11.2. The number of hydrogen-bond donors (Lipinski definition) is 1. The van der Waals surface area contributed by atoms with E-state index in [0.717, 1.165) is 16.0 Å². The summed E-state index contributed by atoms with van der Waals surface area (Å²) in [6.45, 7) is 4.38. The molecule has 0 unspecified atom stereocenters. The number of ether oxygens (including phenoxy) is 1. The second-order valence-corrected chi connectivity index (χ2v) is 9.68. The Balaban J connectivity index is 1.89. The number of anilines is 1. The summed E-state index contributed by atoms with van der Waals surface area (Å²) in [5.41, 5.74) is 2.86. The van der Waals surface area contributed by atoms with Crippen LogP contribution in [0.25, 0.3) is 0 Å². The summed E-state index contributed by atoms with van der Waals surface area (Å²) in [5.74, 6) is -0.0971. The molecule has 1 amide bonds. The summed E-state index contributed by atoms with van der Waals surface area (Å²) in [4.78, 5) is 15.5. The number of sulfonamides is 1. The van der Waals surface area contributed by atoms with Gasteiger partial charge in [-0.25, -0.2) is 8.42 Å². The van der Waals surface area contributed by atoms with E-state index < -0.39 is 10.0 Å². The van der Waals surface area contributed by atoms with Crippen molar-refractivity contribution in [2.45, 2.75) is 25.3 Å². The largest absolute Gasteiger partial charge is 0.495 e. The predicted octanol–water partition coefficient (Wildman–Crippen LogP) is 4.45. The van der Waals surface area contributed by atoms with Crippen LogP contribution in [0.3, 0.4) is 0 Å². The third kappa shape index (κ3) is 4.83. The first kappa shape index (κ1) is 21.9. The van der Waals surface area contributed by atoms with Crippen LogP contribution in [-0.4, -0.2) is 33.4 Å². The molecule has 0 radical (unpaired) electrons. The molecule has 0 fully saturated rings. The van der Waals surface area contributed by atoms with E-state index in [4.69, 9.17) is 4.74 Å². The number of aryl methyl sites for hydroxylation is 2. The summed E-state index contributed by atoms with van der Waals surface area (Å²) in [7, 11) is -0.856. The van der Waals surface area contributed by atoms with Crippen molar-refractivity contribution in [1.29, 1.82) is 0 Å². The average Bonchev–Trinajstić information content (AvgIpc) is 3.12. The van der Waals surface area contributed by atoms with E-state index in [0.29, 0.717) is 12.2 Å². The van der Waals surface area contributed by atoms with Gasteiger partial charge in [-0.1, -0.05) is 17.7 Å². The predicted molar refractivity (Wildman–Crippen MR) is 120 cm³/mol. The fraction of sp³-hybridized carbons (Fsp3) is 0.227. The number of nitrogens with zero attached hydrogens (tertiary/aromatic N) is 1. The zero-order chi connectivity index (χ0) is 21.9. The quantitative estimate of drug-likeness (QED) is 0.584. The van der Waals surface area contributed by atoms with Crippen LogP contribution >= 0.6 is 11.3 Å². The molecule has 3 rings (SSSR count). The van der Waals surface area contributed by atoms with Crippen molar-refractivity contribution in [2.75, 3.05) is 18.9 Å². The highest BCUT2D eigenvalue weighted by Gasteiger charge is 2.23. The molecular weight excluding hydrogens is 420 g/mol. The van der Waals surface area contributed by atoms with Gasteiger partial charge >= 0.3 is 0 Å². The van der Waals surface area contributed by atoms with E-state index in [2.05, 4.69) is 4.72 Å². The Hall–Kier alpha value is -2.84. The van der Waals surface area contributed by atoms with Crippen molar-refractivity contribution in [3.8, 4) is 5.75 Å². The Morgan fingerprint density at radius 3 is 2.40 bits per heavy atom. The number of hydrogen-bond acceptors (Lipinski definition) is 5. The molecule has 1 heterocycles. The lowest BCUT2D eigenvalue weighted by Gasteiger charge is -2.18. The maximum absolute atomic E-state index is 13.0. The van der Waals surface area contributed by atoms with Crippen LogP contribution in [0.15, 0.2) is 58.8 Å². The molecule has 0 aliphatic carbocycles.